The van der Waals surface area contributed by atoms with Gasteiger partial charge in [0.15, 0.2) is 16.3 Å². The van der Waals surface area contributed by atoms with Crippen molar-refractivity contribution < 1.29 is 14.4 Å². The van der Waals surface area contributed by atoms with E-state index in [0.29, 0.717) is 32.5 Å². The van der Waals surface area contributed by atoms with Crippen LogP contribution in [0.3, 0.4) is 0 Å². The Labute approximate surface area is 173 Å². The second-order valence-corrected chi connectivity index (χ2v) is 7.49. The number of fused-ring (bicyclic) bond motifs is 1. The fraction of sp³-hybridized carbons (Fsp3) is 0.294. The zero-order valence-corrected chi connectivity index (χ0v) is 17.1. The van der Waals surface area contributed by atoms with E-state index in [9.17, 15) is 9.90 Å². The van der Waals surface area contributed by atoms with Crippen molar-refractivity contribution in [1.82, 2.24) is 24.7 Å². The fourth-order valence-corrected chi connectivity index (χ4v) is 3.67. The summed E-state index contributed by atoms with van der Waals surface area (Å²) in [7, 11) is 0. The lowest BCUT2D eigenvalue weighted by Gasteiger charge is -2.28. The van der Waals surface area contributed by atoms with E-state index in [1.807, 2.05) is 0 Å². The number of carbonyl (C=O) groups is 1. The molecule has 1 amide bonds. The van der Waals surface area contributed by atoms with Crippen molar-refractivity contribution in [1.29, 1.82) is 0 Å². The molecule has 1 aromatic carbocycles. The Morgan fingerprint density at radius 1 is 1.36 bits per heavy atom. The summed E-state index contributed by atoms with van der Waals surface area (Å²) in [6.45, 7) is 2.19. The van der Waals surface area contributed by atoms with E-state index in [1.54, 1.807) is 40.8 Å². The van der Waals surface area contributed by atoms with Crippen LogP contribution in [0.2, 0.25) is 5.02 Å². The van der Waals surface area contributed by atoms with Crippen molar-refractivity contribution in [2.75, 3.05) is 12.1 Å². The first-order valence-electron chi connectivity index (χ1n) is 8.45. The van der Waals surface area contributed by atoms with Crippen LogP contribution in [0.15, 0.2) is 33.5 Å². The highest BCUT2D eigenvalue weighted by Crippen LogP contribution is 2.22. The van der Waals surface area contributed by atoms with Crippen molar-refractivity contribution in [3.8, 4) is 0 Å². The van der Waals surface area contributed by atoms with Crippen molar-refractivity contribution in [3.05, 3.63) is 62.7 Å². The van der Waals surface area contributed by atoms with Crippen LogP contribution in [-0.4, -0.2) is 42.4 Å². The molecule has 0 saturated carbocycles. The van der Waals surface area contributed by atoms with Crippen LogP contribution in [-0.2, 0) is 13.0 Å². The predicted octanol–water partition coefficient (Wildman–Crippen LogP) is 2.42. The van der Waals surface area contributed by atoms with Gasteiger partial charge < -0.3 is 20.0 Å². The van der Waals surface area contributed by atoms with Gasteiger partial charge in [-0.2, -0.15) is 4.98 Å². The molecule has 1 aliphatic heterocycles. The third kappa shape index (κ3) is 3.62. The molecule has 3 aromatic rings. The summed E-state index contributed by atoms with van der Waals surface area (Å²) in [5.74, 6) is 0.465. The molecule has 4 rings (SSSR count). The van der Waals surface area contributed by atoms with Crippen LogP contribution in [0.4, 0.5) is 0 Å². The second-order valence-electron chi connectivity index (χ2n) is 6.35. The number of nitrogens with zero attached hydrogens (tertiary/aromatic N) is 5. The van der Waals surface area contributed by atoms with Gasteiger partial charge in [0.2, 0.25) is 5.89 Å². The summed E-state index contributed by atoms with van der Waals surface area (Å²) in [6, 6.07) is 6.91. The van der Waals surface area contributed by atoms with E-state index < -0.39 is 6.10 Å². The third-order valence-electron chi connectivity index (χ3n) is 4.39. The van der Waals surface area contributed by atoms with Crippen molar-refractivity contribution >= 4 is 33.4 Å². The molecule has 2 aromatic heterocycles. The first-order valence-corrected chi connectivity index (χ1v) is 9.62. The van der Waals surface area contributed by atoms with E-state index >= 15 is 0 Å². The molecule has 2 N–H and O–H groups in total. The summed E-state index contributed by atoms with van der Waals surface area (Å²) < 4.78 is 7.40. The molecule has 0 bridgehead atoms. The maximum absolute atomic E-state index is 12.7. The fourth-order valence-electron chi connectivity index (χ4n) is 2.97. The van der Waals surface area contributed by atoms with Crippen LogP contribution in [0, 0.1) is 6.92 Å². The molecule has 146 valence electrons. The Bertz CT molecular complexity index is 1020. The average Bonchev–Trinajstić information content (AvgIpc) is 3.22. The summed E-state index contributed by atoms with van der Waals surface area (Å²) in [5.41, 5.74) is 4.87. The van der Waals surface area contributed by atoms with Gasteiger partial charge in [0.25, 0.3) is 5.91 Å². The van der Waals surface area contributed by atoms with E-state index in [-0.39, 0.29) is 31.4 Å². The number of amides is 1. The van der Waals surface area contributed by atoms with Gasteiger partial charge in [-0.25, -0.2) is 9.66 Å². The van der Waals surface area contributed by atoms with Crippen molar-refractivity contribution in [2.45, 2.75) is 26.0 Å². The van der Waals surface area contributed by atoms with E-state index in [0.717, 1.165) is 0 Å². The molecule has 0 aliphatic carbocycles. The maximum Gasteiger partial charge on any atom is 0.276 e. The first-order chi connectivity index (χ1) is 13.4. The number of nitrogens with one attached hydrogen (secondary N) is 1. The van der Waals surface area contributed by atoms with Crippen molar-refractivity contribution in [3.63, 3.8) is 0 Å². The van der Waals surface area contributed by atoms with E-state index in [1.165, 1.54) is 0 Å². The smallest absolute Gasteiger partial charge is 0.276 e. The van der Waals surface area contributed by atoms with Gasteiger partial charge in [0.05, 0.1) is 11.8 Å². The minimum absolute atomic E-state index is 0.151. The number of carbonyl (C=O) groups excluding carboxylic acids is 1. The molecule has 1 aliphatic rings. The Morgan fingerprint density at radius 3 is 2.86 bits per heavy atom. The van der Waals surface area contributed by atoms with Gasteiger partial charge in [0, 0.05) is 11.4 Å². The third-order valence-corrected chi connectivity index (χ3v) is 5.17. The zero-order chi connectivity index (χ0) is 19.8. The summed E-state index contributed by atoms with van der Waals surface area (Å²) in [5, 5.41) is 14.8. The van der Waals surface area contributed by atoms with E-state index in [4.69, 9.17) is 16.1 Å². The Balaban J connectivity index is 1.43. The highest BCUT2D eigenvalue weighted by molar-refractivity contribution is 9.10. The number of aliphatic hydroxyl groups excluding tert-OH is 1. The van der Waals surface area contributed by atoms with Gasteiger partial charge in [-0.05, 0) is 40.5 Å². The lowest BCUT2D eigenvalue weighted by atomic mass is 10.1. The van der Waals surface area contributed by atoms with Gasteiger partial charge in [-0.3, -0.25) is 4.79 Å². The van der Waals surface area contributed by atoms with Gasteiger partial charge in [-0.15, -0.1) is 0 Å². The molecule has 0 spiro atoms. The van der Waals surface area contributed by atoms with Gasteiger partial charge >= 0.3 is 0 Å². The summed E-state index contributed by atoms with van der Waals surface area (Å²) >= 11 is 9.17. The van der Waals surface area contributed by atoms with Gasteiger partial charge in [0.1, 0.15) is 13.2 Å². The topological polar surface area (TPSA) is 109 Å². The van der Waals surface area contributed by atoms with Crippen LogP contribution in [0.1, 0.15) is 39.6 Å². The molecular formula is C17H16BrClN6O3. The molecular weight excluding hydrogens is 452 g/mol. The normalized spacial score (nSPS) is 14.7. The predicted molar refractivity (Wildman–Crippen MR) is 103 cm³/mol. The minimum Gasteiger partial charge on any atom is -0.388 e. The Hall–Kier alpha value is -2.43. The van der Waals surface area contributed by atoms with E-state index in [2.05, 4.69) is 36.5 Å². The van der Waals surface area contributed by atoms with Crippen LogP contribution in [0.5, 0.6) is 0 Å². The van der Waals surface area contributed by atoms with Crippen LogP contribution in [0.25, 0.3) is 0 Å². The summed E-state index contributed by atoms with van der Waals surface area (Å²) in [6.07, 6.45) is -0.591. The molecule has 0 saturated heterocycles. The monoisotopic (exact) mass is 466 g/mol. The number of aromatic nitrogens is 4. The maximum atomic E-state index is 12.7. The Morgan fingerprint density at radius 2 is 2.11 bits per heavy atom. The highest BCUT2D eigenvalue weighted by atomic mass is 79.9. The largest absolute Gasteiger partial charge is 0.388 e. The lowest BCUT2D eigenvalue weighted by Crippen LogP contribution is -2.44. The number of aliphatic hydroxyl groups is 1. The molecule has 28 heavy (non-hydrogen) atoms. The number of halogens is 2. The molecule has 11 heteroatoms. The highest BCUT2D eigenvalue weighted by Gasteiger charge is 2.30. The number of imidazole rings is 1. The lowest BCUT2D eigenvalue weighted by molar-refractivity contribution is 0.0695. The molecule has 1 atom stereocenters. The molecule has 9 nitrogen and oxygen atoms in total. The number of hydrogen-bond donors (Lipinski definition) is 2. The minimum atomic E-state index is -0.782. The first kappa shape index (κ1) is 18.9. The van der Waals surface area contributed by atoms with Crippen LogP contribution < -0.4 is 5.43 Å². The number of benzene rings is 1. The van der Waals surface area contributed by atoms with Gasteiger partial charge in [-0.1, -0.05) is 28.9 Å². The quantitative estimate of drug-likeness (QED) is 0.593. The molecule has 0 fully saturated rings. The standard InChI is InChI=1S/C17H16BrClN6O3/c1-9-15-16(27)24(8-20-25(15)17(18)21-9)7-14-22-13(23-28-14)6-12(26)10-2-4-11(19)5-3-10/h2-5,12,20,26H,6-8H2,1H3. The summed E-state index contributed by atoms with van der Waals surface area (Å²) in [4.78, 5) is 22.8. The number of aryl methyl sites for hydroxylation is 1. The SMILES string of the molecule is Cc1nc(Br)n2c1C(=O)N(Cc1nc(CC(O)c3ccc(Cl)cc3)no1)CN2. The molecule has 1 unspecified atom stereocenters. The average molecular weight is 468 g/mol. The Kier molecular flexibility index (Phi) is 5.09. The van der Waals surface area contributed by atoms with Crippen molar-refractivity contribution in [2.24, 2.45) is 0 Å². The number of hydrogen-bond acceptors (Lipinski definition) is 7. The zero-order valence-electron chi connectivity index (χ0n) is 14.8. The molecule has 0 radical (unpaired) electrons. The molecule has 3 heterocycles. The number of rotatable bonds is 5. The second kappa shape index (κ2) is 7.53. The van der Waals surface area contributed by atoms with Crippen LogP contribution >= 0.6 is 27.5 Å².